The van der Waals surface area contributed by atoms with Crippen molar-refractivity contribution in [3.05, 3.63) is 24.0 Å². The number of nitrogens with one attached hydrogen (secondary N) is 1. The summed E-state index contributed by atoms with van der Waals surface area (Å²) in [5, 5.41) is 2.88. The molecule has 0 atom stereocenters. The Bertz CT molecular complexity index is 588. The lowest BCUT2D eigenvalue weighted by atomic mass is 10.3. The van der Waals surface area contributed by atoms with Crippen LogP contribution in [0.1, 0.15) is 26.1 Å². The molecule has 5 nitrogen and oxygen atoms in total. The van der Waals surface area contributed by atoms with Gasteiger partial charge in [0.25, 0.3) is 0 Å². The standard InChI is InChI=1S/C14H20N4O/c1-3-8-16-13(19)9-18-11-7-5-6-10(15)14(11)17-12(18)4-2/h5-7H,3-4,8-9,15H2,1-2H3,(H,16,19). The predicted octanol–water partition coefficient (Wildman–Crippen LogP) is 1.71. The molecule has 2 rings (SSSR count). The maximum atomic E-state index is 11.9. The Morgan fingerprint density at radius 2 is 2.21 bits per heavy atom. The van der Waals surface area contributed by atoms with Crippen LogP contribution in [0.25, 0.3) is 11.0 Å². The van der Waals surface area contributed by atoms with Gasteiger partial charge in [0.2, 0.25) is 5.91 Å². The minimum atomic E-state index is 0.0123. The van der Waals surface area contributed by atoms with Crippen LogP contribution < -0.4 is 11.1 Å². The van der Waals surface area contributed by atoms with Crippen molar-refractivity contribution in [2.45, 2.75) is 33.2 Å². The van der Waals surface area contributed by atoms with Crippen LogP contribution in [0.2, 0.25) is 0 Å². The van der Waals surface area contributed by atoms with Crippen molar-refractivity contribution in [2.75, 3.05) is 12.3 Å². The first-order valence-electron chi connectivity index (χ1n) is 6.67. The minimum Gasteiger partial charge on any atom is -0.397 e. The number of nitrogens with two attached hydrogens (primary N) is 1. The van der Waals surface area contributed by atoms with Crippen LogP contribution >= 0.6 is 0 Å². The predicted molar refractivity (Wildman–Crippen MR) is 76.8 cm³/mol. The van der Waals surface area contributed by atoms with Gasteiger partial charge in [-0.05, 0) is 18.6 Å². The summed E-state index contributed by atoms with van der Waals surface area (Å²) in [6.07, 6.45) is 1.71. The Labute approximate surface area is 112 Å². The van der Waals surface area contributed by atoms with E-state index in [0.717, 1.165) is 29.7 Å². The molecule has 1 aromatic carbocycles. The van der Waals surface area contributed by atoms with E-state index in [9.17, 15) is 4.79 Å². The number of aryl methyl sites for hydroxylation is 1. The van der Waals surface area contributed by atoms with Gasteiger partial charge in [0.15, 0.2) is 0 Å². The zero-order valence-electron chi connectivity index (χ0n) is 11.4. The second-order valence-corrected chi connectivity index (χ2v) is 4.53. The molecule has 0 saturated carbocycles. The van der Waals surface area contributed by atoms with Crippen molar-refractivity contribution in [3.63, 3.8) is 0 Å². The highest BCUT2D eigenvalue weighted by atomic mass is 16.1. The third-order valence-electron chi connectivity index (χ3n) is 3.08. The molecule has 1 aromatic heterocycles. The molecule has 5 heteroatoms. The zero-order valence-corrected chi connectivity index (χ0v) is 11.4. The van der Waals surface area contributed by atoms with Crippen LogP contribution in [0.15, 0.2) is 18.2 Å². The van der Waals surface area contributed by atoms with Crippen LogP contribution in [0.3, 0.4) is 0 Å². The van der Waals surface area contributed by atoms with Crippen LogP contribution in [0.4, 0.5) is 5.69 Å². The maximum absolute atomic E-state index is 11.9. The number of amides is 1. The van der Waals surface area contributed by atoms with Gasteiger partial charge >= 0.3 is 0 Å². The quantitative estimate of drug-likeness (QED) is 0.804. The van der Waals surface area contributed by atoms with Gasteiger partial charge in [0.05, 0.1) is 11.2 Å². The summed E-state index contributed by atoms with van der Waals surface area (Å²) >= 11 is 0. The largest absolute Gasteiger partial charge is 0.397 e. The number of hydrogen-bond acceptors (Lipinski definition) is 3. The van der Waals surface area contributed by atoms with E-state index in [0.29, 0.717) is 18.8 Å². The lowest BCUT2D eigenvalue weighted by Gasteiger charge is -2.08. The highest BCUT2D eigenvalue weighted by Gasteiger charge is 2.13. The van der Waals surface area contributed by atoms with E-state index < -0.39 is 0 Å². The summed E-state index contributed by atoms with van der Waals surface area (Å²) in [6.45, 7) is 5.06. The van der Waals surface area contributed by atoms with Crippen LogP contribution in [-0.2, 0) is 17.8 Å². The molecular formula is C14H20N4O. The molecule has 0 saturated heterocycles. The Morgan fingerprint density at radius 3 is 2.89 bits per heavy atom. The van der Waals surface area contributed by atoms with Crippen molar-refractivity contribution >= 4 is 22.6 Å². The number of anilines is 1. The number of imidazole rings is 1. The average Bonchev–Trinajstić information content (AvgIpc) is 2.76. The lowest BCUT2D eigenvalue weighted by molar-refractivity contribution is -0.121. The van der Waals surface area contributed by atoms with E-state index in [1.165, 1.54) is 0 Å². The van der Waals surface area contributed by atoms with Crippen molar-refractivity contribution < 1.29 is 4.79 Å². The summed E-state index contributed by atoms with van der Waals surface area (Å²) in [4.78, 5) is 16.4. The maximum Gasteiger partial charge on any atom is 0.240 e. The number of para-hydroxylation sites is 1. The van der Waals surface area contributed by atoms with Crippen LogP contribution in [0, 0.1) is 0 Å². The van der Waals surface area contributed by atoms with Crippen LogP contribution in [-0.4, -0.2) is 22.0 Å². The number of carbonyl (C=O) groups excluding carboxylic acids is 1. The van der Waals surface area contributed by atoms with Gasteiger partial charge in [-0.15, -0.1) is 0 Å². The van der Waals surface area contributed by atoms with E-state index in [2.05, 4.69) is 10.3 Å². The van der Waals surface area contributed by atoms with Gasteiger partial charge < -0.3 is 15.6 Å². The van der Waals surface area contributed by atoms with Crippen molar-refractivity contribution in [1.29, 1.82) is 0 Å². The Kier molecular flexibility index (Phi) is 4.04. The second kappa shape index (κ2) is 5.73. The van der Waals surface area contributed by atoms with Crippen molar-refractivity contribution in [2.24, 2.45) is 0 Å². The molecule has 0 spiro atoms. The van der Waals surface area contributed by atoms with Crippen LogP contribution in [0.5, 0.6) is 0 Å². The molecule has 0 aliphatic rings. The first-order chi connectivity index (χ1) is 9.17. The van der Waals surface area contributed by atoms with Gasteiger partial charge in [-0.1, -0.05) is 19.9 Å². The molecule has 1 amide bonds. The van der Waals surface area contributed by atoms with Gasteiger partial charge in [0.1, 0.15) is 17.9 Å². The first-order valence-corrected chi connectivity index (χ1v) is 6.67. The van der Waals surface area contributed by atoms with E-state index in [1.54, 1.807) is 0 Å². The number of nitrogens with zero attached hydrogens (tertiary/aromatic N) is 2. The summed E-state index contributed by atoms with van der Waals surface area (Å²) in [5.74, 6) is 0.901. The van der Waals surface area contributed by atoms with E-state index in [4.69, 9.17) is 5.73 Å². The number of fused-ring (bicyclic) bond motifs is 1. The van der Waals surface area contributed by atoms with Crippen molar-refractivity contribution in [1.82, 2.24) is 14.9 Å². The molecule has 0 aliphatic heterocycles. The zero-order chi connectivity index (χ0) is 13.8. The fourth-order valence-corrected chi connectivity index (χ4v) is 2.13. The Balaban J connectivity index is 2.35. The first kappa shape index (κ1) is 13.4. The molecule has 0 bridgehead atoms. The lowest BCUT2D eigenvalue weighted by Crippen LogP contribution is -2.28. The highest BCUT2D eigenvalue weighted by Crippen LogP contribution is 2.22. The number of carbonyl (C=O) groups is 1. The SMILES string of the molecule is CCCNC(=O)Cn1c(CC)nc2c(N)cccc21. The highest BCUT2D eigenvalue weighted by molar-refractivity contribution is 5.89. The molecule has 3 N–H and O–H groups in total. The average molecular weight is 260 g/mol. The molecule has 1 heterocycles. The monoisotopic (exact) mass is 260 g/mol. The molecule has 0 radical (unpaired) electrons. The normalized spacial score (nSPS) is 10.8. The van der Waals surface area contributed by atoms with Gasteiger partial charge in [-0.25, -0.2) is 4.98 Å². The Hall–Kier alpha value is -2.04. The summed E-state index contributed by atoms with van der Waals surface area (Å²) in [6, 6.07) is 5.67. The third-order valence-corrected chi connectivity index (χ3v) is 3.08. The number of hydrogen-bond donors (Lipinski definition) is 2. The smallest absolute Gasteiger partial charge is 0.240 e. The third kappa shape index (κ3) is 2.70. The van der Waals surface area contributed by atoms with Gasteiger partial charge in [0, 0.05) is 13.0 Å². The number of nitrogen functional groups attached to an aromatic ring is 1. The second-order valence-electron chi connectivity index (χ2n) is 4.53. The molecule has 2 aromatic rings. The topological polar surface area (TPSA) is 72.9 Å². The van der Waals surface area contributed by atoms with Gasteiger partial charge in [-0.3, -0.25) is 4.79 Å². The van der Waals surface area contributed by atoms with E-state index >= 15 is 0 Å². The minimum absolute atomic E-state index is 0.0123. The fourth-order valence-electron chi connectivity index (χ4n) is 2.13. The van der Waals surface area contributed by atoms with Crippen molar-refractivity contribution in [3.8, 4) is 0 Å². The molecule has 0 fully saturated rings. The summed E-state index contributed by atoms with van der Waals surface area (Å²) in [7, 11) is 0. The summed E-state index contributed by atoms with van der Waals surface area (Å²) < 4.78 is 1.94. The molecule has 19 heavy (non-hydrogen) atoms. The Morgan fingerprint density at radius 1 is 1.42 bits per heavy atom. The summed E-state index contributed by atoms with van der Waals surface area (Å²) in [5.41, 5.74) is 8.28. The molecule has 0 aliphatic carbocycles. The number of benzene rings is 1. The fraction of sp³-hybridized carbons (Fsp3) is 0.429. The van der Waals surface area contributed by atoms with E-state index in [-0.39, 0.29) is 5.91 Å². The van der Waals surface area contributed by atoms with Gasteiger partial charge in [-0.2, -0.15) is 0 Å². The number of rotatable bonds is 5. The molecular weight excluding hydrogens is 240 g/mol. The molecule has 102 valence electrons. The molecule has 0 unspecified atom stereocenters. The number of aromatic nitrogens is 2. The van der Waals surface area contributed by atoms with E-state index in [1.807, 2.05) is 36.6 Å².